The number of anilines is 3. The van der Waals surface area contributed by atoms with Crippen LogP contribution in [-0.2, 0) is 16.0 Å². The normalized spacial score (nSPS) is 11.2. The number of nitrogens with zero attached hydrogens (tertiary/aromatic N) is 4. The number of rotatable bonds is 11. The Morgan fingerprint density at radius 1 is 0.977 bits per heavy atom. The highest BCUT2D eigenvalue weighted by Crippen LogP contribution is 2.27. The number of aliphatic carboxylic acids is 1. The Morgan fingerprint density at radius 3 is 2.41 bits per heavy atom. The number of hydrogen-bond acceptors (Lipinski definition) is 8. The van der Waals surface area contributed by atoms with E-state index in [9.17, 15) is 24.3 Å². The van der Waals surface area contributed by atoms with Gasteiger partial charge < -0.3 is 25.8 Å². The van der Waals surface area contributed by atoms with Crippen molar-refractivity contribution in [3.8, 4) is 5.75 Å². The maximum absolute atomic E-state index is 13.1. The first kappa shape index (κ1) is 31.1. The topological polar surface area (TPSA) is 176 Å². The Kier molecular flexibility index (Phi) is 10.1. The summed E-state index contributed by atoms with van der Waals surface area (Å²) in [6, 6.07) is 17.3. The molecule has 4 amide bonds. The zero-order valence-corrected chi connectivity index (χ0v) is 24.3. The number of hydrogen-bond donors (Lipinski definition) is 4. The summed E-state index contributed by atoms with van der Waals surface area (Å²) in [6.45, 7) is 1.89. The van der Waals surface area contributed by atoms with E-state index in [1.54, 1.807) is 49.5 Å². The Hall–Kier alpha value is -5.85. The van der Waals surface area contributed by atoms with Gasteiger partial charge in [0, 0.05) is 25.1 Å². The lowest BCUT2D eigenvalue weighted by Crippen LogP contribution is -2.31. The van der Waals surface area contributed by atoms with Crippen molar-refractivity contribution >= 4 is 41.0 Å². The third kappa shape index (κ3) is 8.12. The molecule has 0 spiro atoms. The van der Waals surface area contributed by atoms with Gasteiger partial charge in [0.25, 0.3) is 5.91 Å². The molecule has 1 atom stereocenters. The van der Waals surface area contributed by atoms with Crippen molar-refractivity contribution in [2.24, 2.45) is 0 Å². The maximum atomic E-state index is 13.1. The number of pyridine rings is 1. The standard InChI is InChI=1S/C31H31N7O6/c1-19-7-4-5-8-22(19)35-31(43)36-23-12-10-20(15-26(23)44-3)16-28(39)38(2)27-13-11-21(18-32-27)25(17-29(40)41)34-30(42)24-9-6-14-33-37-24/h4-15,18,25H,16-17H2,1-3H3,(H,34,42)(H,40,41)(H2,35,36,43). The van der Waals surface area contributed by atoms with Crippen molar-refractivity contribution in [1.29, 1.82) is 0 Å². The Morgan fingerprint density at radius 2 is 1.75 bits per heavy atom. The monoisotopic (exact) mass is 597 g/mol. The van der Waals surface area contributed by atoms with E-state index >= 15 is 0 Å². The van der Waals surface area contributed by atoms with Crippen LogP contribution >= 0.6 is 0 Å². The van der Waals surface area contributed by atoms with Crippen LogP contribution in [0, 0.1) is 6.92 Å². The summed E-state index contributed by atoms with van der Waals surface area (Å²) in [5, 5.41) is 25.0. The summed E-state index contributed by atoms with van der Waals surface area (Å²) in [5.74, 6) is -1.26. The van der Waals surface area contributed by atoms with Crippen LogP contribution in [-0.4, -0.2) is 58.3 Å². The molecule has 2 aromatic heterocycles. The van der Waals surface area contributed by atoms with E-state index in [-0.39, 0.29) is 24.4 Å². The fourth-order valence-corrected chi connectivity index (χ4v) is 4.24. The molecule has 1 unspecified atom stereocenters. The molecule has 226 valence electrons. The van der Waals surface area contributed by atoms with Gasteiger partial charge >= 0.3 is 12.0 Å². The van der Waals surface area contributed by atoms with Gasteiger partial charge in [0.15, 0.2) is 5.69 Å². The summed E-state index contributed by atoms with van der Waals surface area (Å²) in [5.41, 5.74) is 3.16. The molecule has 0 saturated carbocycles. The molecule has 4 aromatic rings. The van der Waals surface area contributed by atoms with Gasteiger partial charge in [-0.25, -0.2) is 9.78 Å². The molecule has 4 rings (SSSR count). The van der Waals surface area contributed by atoms with Crippen molar-refractivity contribution in [2.45, 2.75) is 25.8 Å². The number of urea groups is 1. The van der Waals surface area contributed by atoms with Gasteiger partial charge in [-0.15, -0.1) is 5.10 Å². The van der Waals surface area contributed by atoms with Gasteiger partial charge in [0.05, 0.1) is 31.7 Å². The molecule has 13 nitrogen and oxygen atoms in total. The Balaban J connectivity index is 1.40. The van der Waals surface area contributed by atoms with Crippen molar-refractivity contribution in [1.82, 2.24) is 20.5 Å². The maximum Gasteiger partial charge on any atom is 0.323 e. The number of likely N-dealkylation sites (N-methyl/N-ethyl adjacent to an activating group) is 1. The number of carboxylic acids is 1. The first-order chi connectivity index (χ1) is 21.1. The molecule has 0 aliphatic rings. The van der Waals surface area contributed by atoms with E-state index in [1.807, 2.05) is 25.1 Å². The Labute approximate surface area is 253 Å². The van der Waals surface area contributed by atoms with Crippen LogP contribution in [0.1, 0.15) is 39.6 Å². The van der Waals surface area contributed by atoms with Crippen molar-refractivity contribution < 1.29 is 29.0 Å². The van der Waals surface area contributed by atoms with Crippen LogP contribution in [0.25, 0.3) is 0 Å². The molecule has 44 heavy (non-hydrogen) atoms. The molecule has 0 saturated heterocycles. The van der Waals surface area contributed by atoms with Crippen molar-refractivity contribution in [2.75, 3.05) is 29.7 Å². The average Bonchev–Trinajstić information content (AvgIpc) is 3.02. The summed E-state index contributed by atoms with van der Waals surface area (Å²) in [4.78, 5) is 55.3. The van der Waals surface area contributed by atoms with Gasteiger partial charge in [-0.3, -0.25) is 19.3 Å². The highest BCUT2D eigenvalue weighted by atomic mass is 16.5. The van der Waals surface area contributed by atoms with Gasteiger partial charge in [-0.1, -0.05) is 30.3 Å². The van der Waals surface area contributed by atoms with Gasteiger partial charge in [0.2, 0.25) is 5.91 Å². The average molecular weight is 598 g/mol. The number of carbonyl (C=O) groups is 4. The second-order valence-corrected chi connectivity index (χ2v) is 9.74. The minimum atomic E-state index is -1.12. The summed E-state index contributed by atoms with van der Waals surface area (Å²) in [7, 11) is 3.04. The second-order valence-electron chi connectivity index (χ2n) is 9.74. The molecule has 0 radical (unpaired) electrons. The molecule has 2 aromatic carbocycles. The van der Waals surface area contributed by atoms with Crippen LogP contribution in [0.15, 0.2) is 79.1 Å². The first-order valence-corrected chi connectivity index (χ1v) is 13.5. The number of carbonyl (C=O) groups excluding carboxylic acids is 3. The van der Waals surface area contributed by atoms with Gasteiger partial charge in [0.1, 0.15) is 11.6 Å². The number of aromatic nitrogens is 3. The molecule has 13 heteroatoms. The quantitative estimate of drug-likeness (QED) is 0.199. The van der Waals surface area contributed by atoms with E-state index in [4.69, 9.17) is 4.74 Å². The smallest absolute Gasteiger partial charge is 0.323 e. The van der Waals surface area contributed by atoms with Crippen molar-refractivity contribution in [3.63, 3.8) is 0 Å². The molecule has 0 fully saturated rings. The highest BCUT2D eigenvalue weighted by Gasteiger charge is 2.21. The van der Waals surface area contributed by atoms with Crippen LogP contribution in [0.3, 0.4) is 0 Å². The van der Waals surface area contributed by atoms with Gasteiger partial charge in [-0.2, -0.15) is 5.10 Å². The fraction of sp³-hybridized carbons (Fsp3) is 0.194. The third-order valence-corrected chi connectivity index (χ3v) is 6.64. The number of para-hydroxylation sites is 1. The highest BCUT2D eigenvalue weighted by molar-refractivity contribution is 6.01. The largest absolute Gasteiger partial charge is 0.495 e. The van der Waals surface area contributed by atoms with Crippen LogP contribution < -0.4 is 25.6 Å². The lowest BCUT2D eigenvalue weighted by molar-refractivity contribution is -0.137. The molecular formula is C31H31N7O6. The van der Waals surface area contributed by atoms with Crippen LogP contribution in [0.5, 0.6) is 5.75 Å². The first-order valence-electron chi connectivity index (χ1n) is 13.5. The molecule has 0 bridgehead atoms. The second kappa shape index (κ2) is 14.4. The summed E-state index contributed by atoms with van der Waals surface area (Å²) >= 11 is 0. The molecular weight excluding hydrogens is 566 g/mol. The van der Waals surface area contributed by atoms with Gasteiger partial charge in [-0.05, 0) is 60.0 Å². The van der Waals surface area contributed by atoms with E-state index in [1.165, 1.54) is 30.5 Å². The van der Waals surface area contributed by atoms with Crippen LogP contribution in [0.4, 0.5) is 22.0 Å². The summed E-state index contributed by atoms with van der Waals surface area (Å²) in [6.07, 6.45) is 2.46. The zero-order chi connectivity index (χ0) is 31.6. The lowest BCUT2D eigenvalue weighted by Gasteiger charge is -2.20. The predicted molar refractivity (Wildman–Crippen MR) is 163 cm³/mol. The minimum Gasteiger partial charge on any atom is -0.495 e. The summed E-state index contributed by atoms with van der Waals surface area (Å²) < 4.78 is 5.45. The van der Waals surface area contributed by atoms with E-state index < -0.39 is 23.9 Å². The number of ether oxygens (including phenoxy) is 1. The zero-order valence-electron chi connectivity index (χ0n) is 24.3. The number of benzene rings is 2. The SMILES string of the molecule is COc1cc(CC(=O)N(C)c2ccc(C(CC(=O)O)NC(=O)c3cccnn3)cn2)ccc1NC(=O)Nc1ccccc1C. The number of methoxy groups -OCH3 is 1. The molecule has 0 aliphatic heterocycles. The number of aryl methyl sites for hydroxylation is 1. The lowest BCUT2D eigenvalue weighted by atomic mass is 10.1. The third-order valence-electron chi connectivity index (χ3n) is 6.64. The predicted octanol–water partition coefficient (Wildman–Crippen LogP) is 3.98. The van der Waals surface area contributed by atoms with Crippen LogP contribution in [0.2, 0.25) is 0 Å². The van der Waals surface area contributed by atoms with E-state index in [0.29, 0.717) is 34.1 Å². The Bertz CT molecular complexity index is 1650. The minimum absolute atomic E-state index is 0.0157. The molecule has 4 N–H and O–H groups in total. The number of amides is 4. The van der Waals surface area contributed by atoms with E-state index in [0.717, 1.165) is 5.56 Å². The fourth-order valence-electron chi connectivity index (χ4n) is 4.24. The molecule has 2 heterocycles. The van der Waals surface area contributed by atoms with E-state index in [2.05, 4.69) is 31.1 Å². The van der Waals surface area contributed by atoms with Crippen molar-refractivity contribution in [3.05, 3.63) is 102 Å². The number of carboxylic acid groups (broad SMARTS) is 1. The molecule has 0 aliphatic carbocycles. The number of nitrogens with one attached hydrogen (secondary N) is 3.